The van der Waals surface area contributed by atoms with Crippen LogP contribution in [-0.2, 0) is 11.3 Å². The topological polar surface area (TPSA) is 59.8 Å². The van der Waals surface area contributed by atoms with Crippen LogP contribution in [0.25, 0.3) is 0 Å². The van der Waals surface area contributed by atoms with Crippen LogP contribution in [0, 0.1) is 16.7 Å². The van der Waals surface area contributed by atoms with Crippen LogP contribution in [-0.4, -0.2) is 32.5 Å². The second kappa shape index (κ2) is 8.09. The van der Waals surface area contributed by atoms with Gasteiger partial charge in [-0.2, -0.15) is 0 Å². The van der Waals surface area contributed by atoms with Gasteiger partial charge >= 0.3 is 0 Å². The van der Waals surface area contributed by atoms with Crippen LogP contribution >= 0.6 is 11.8 Å². The van der Waals surface area contributed by atoms with Crippen molar-refractivity contribution in [1.82, 2.24) is 20.1 Å². The predicted molar refractivity (Wildman–Crippen MR) is 118 cm³/mol. The van der Waals surface area contributed by atoms with Gasteiger partial charge in [-0.15, -0.1) is 16.8 Å². The summed E-state index contributed by atoms with van der Waals surface area (Å²) in [6.07, 6.45) is 11.8. The van der Waals surface area contributed by atoms with Gasteiger partial charge in [0.15, 0.2) is 5.16 Å². The van der Waals surface area contributed by atoms with Crippen molar-refractivity contribution < 1.29 is 4.79 Å². The summed E-state index contributed by atoms with van der Waals surface area (Å²) in [7, 11) is 0. The number of amides is 1. The molecule has 3 atom stereocenters. The Kier molecular flexibility index (Phi) is 5.84. The molecule has 0 radical (unpaired) electrons. The van der Waals surface area contributed by atoms with E-state index in [4.69, 9.17) is 0 Å². The molecule has 29 heavy (non-hydrogen) atoms. The zero-order valence-electron chi connectivity index (χ0n) is 18.2. The largest absolute Gasteiger partial charge is 0.352 e. The van der Waals surface area contributed by atoms with Crippen molar-refractivity contribution in [3.8, 4) is 0 Å². The van der Waals surface area contributed by atoms with E-state index in [0.717, 1.165) is 23.3 Å². The molecule has 1 aromatic rings. The summed E-state index contributed by atoms with van der Waals surface area (Å²) in [5.41, 5.74) is 0.534. The van der Waals surface area contributed by atoms with Crippen LogP contribution in [0.3, 0.4) is 0 Å². The number of hydrogen-bond acceptors (Lipinski definition) is 4. The van der Waals surface area contributed by atoms with E-state index in [-0.39, 0.29) is 11.3 Å². The number of nitrogens with zero attached hydrogens (tertiary/aromatic N) is 3. The Balaban J connectivity index is 1.38. The number of rotatable bonds is 7. The third kappa shape index (κ3) is 3.66. The molecule has 4 rings (SSSR count). The summed E-state index contributed by atoms with van der Waals surface area (Å²) in [4.78, 5) is 12.8. The fourth-order valence-electron chi connectivity index (χ4n) is 6.16. The smallest absolute Gasteiger partial charge is 0.230 e. The number of carbonyl (C=O) groups excluding carboxylic acids is 1. The fraction of sp³-hybridized carbons (Fsp3) is 0.783. The first-order valence-corrected chi connectivity index (χ1v) is 12.3. The summed E-state index contributed by atoms with van der Waals surface area (Å²) in [5, 5.41) is 13.2. The second-order valence-electron chi connectivity index (χ2n) is 10.1. The molecule has 0 spiro atoms. The maximum absolute atomic E-state index is 12.8. The molecule has 2 bridgehead atoms. The van der Waals surface area contributed by atoms with Crippen molar-refractivity contribution >= 4 is 17.7 Å². The lowest BCUT2D eigenvalue weighted by atomic mass is 9.69. The standard InChI is InChI=1S/C23H36N4OS/c1-5-13-27-20(16-9-7-6-8-10-16)25-26-21(27)29-15-19(28)24-18-14-17-11-12-23(18,4)22(17,2)3/h5,16-18H,1,6-15H2,2-4H3,(H,24,28). The minimum Gasteiger partial charge on any atom is -0.352 e. The van der Waals surface area contributed by atoms with Gasteiger partial charge in [0.25, 0.3) is 0 Å². The lowest BCUT2D eigenvalue weighted by Crippen LogP contribution is -2.47. The van der Waals surface area contributed by atoms with E-state index in [1.807, 2.05) is 6.08 Å². The molecular weight excluding hydrogens is 380 g/mol. The maximum Gasteiger partial charge on any atom is 0.230 e. The van der Waals surface area contributed by atoms with Gasteiger partial charge < -0.3 is 9.88 Å². The summed E-state index contributed by atoms with van der Waals surface area (Å²) in [5.74, 6) is 2.83. The van der Waals surface area contributed by atoms with Crippen molar-refractivity contribution in [1.29, 1.82) is 0 Å². The summed E-state index contributed by atoms with van der Waals surface area (Å²) in [6, 6.07) is 0.299. The average molecular weight is 417 g/mol. The van der Waals surface area contributed by atoms with Gasteiger partial charge in [-0.3, -0.25) is 4.79 Å². The van der Waals surface area contributed by atoms with E-state index < -0.39 is 0 Å². The minimum absolute atomic E-state index is 0.122. The van der Waals surface area contributed by atoms with Crippen LogP contribution in [0.2, 0.25) is 0 Å². The van der Waals surface area contributed by atoms with E-state index in [1.165, 1.54) is 56.7 Å². The number of aromatic nitrogens is 3. The van der Waals surface area contributed by atoms with Gasteiger partial charge in [-0.25, -0.2) is 0 Å². The van der Waals surface area contributed by atoms with Gasteiger partial charge in [0, 0.05) is 18.5 Å². The molecule has 5 nitrogen and oxygen atoms in total. The van der Waals surface area contributed by atoms with Gasteiger partial charge in [0.2, 0.25) is 5.91 Å². The number of thioether (sulfide) groups is 1. The molecule has 0 aromatic carbocycles. The SMILES string of the molecule is C=CCn1c(SCC(=O)NC2CC3CCC2(C)C3(C)C)nnc1C1CCCCC1. The highest BCUT2D eigenvalue weighted by molar-refractivity contribution is 7.99. The first kappa shape index (κ1) is 21.0. The van der Waals surface area contributed by atoms with Crippen molar-refractivity contribution in [3.63, 3.8) is 0 Å². The minimum atomic E-state index is 0.122. The molecule has 3 unspecified atom stereocenters. The normalized spacial score (nSPS) is 31.1. The summed E-state index contributed by atoms with van der Waals surface area (Å²) in [6.45, 7) is 11.8. The second-order valence-corrected chi connectivity index (χ2v) is 11.0. The number of nitrogens with one attached hydrogen (secondary N) is 1. The Morgan fingerprint density at radius 3 is 2.62 bits per heavy atom. The molecule has 3 aliphatic rings. The Morgan fingerprint density at radius 2 is 2.00 bits per heavy atom. The fourth-order valence-corrected chi connectivity index (χ4v) is 6.92. The molecule has 1 N–H and O–H groups in total. The molecule has 6 heteroatoms. The van der Waals surface area contributed by atoms with Crippen LogP contribution in [0.15, 0.2) is 17.8 Å². The Bertz CT molecular complexity index is 767. The highest BCUT2D eigenvalue weighted by atomic mass is 32.2. The number of fused-ring (bicyclic) bond motifs is 2. The Hall–Kier alpha value is -1.30. The van der Waals surface area contributed by atoms with E-state index in [9.17, 15) is 4.79 Å². The highest BCUT2D eigenvalue weighted by Gasteiger charge is 2.61. The molecule has 1 heterocycles. The van der Waals surface area contributed by atoms with Crippen molar-refractivity contribution in [3.05, 3.63) is 18.5 Å². The van der Waals surface area contributed by atoms with Crippen LogP contribution in [0.1, 0.15) is 83.9 Å². The number of allylic oxidation sites excluding steroid dienone is 1. The molecule has 0 aliphatic heterocycles. The van der Waals surface area contributed by atoms with Gasteiger partial charge in [-0.05, 0) is 48.9 Å². The molecule has 0 saturated heterocycles. The van der Waals surface area contributed by atoms with E-state index in [0.29, 0.717) is 29.7 Å². The first-order valence-electron chi connectivity index (χ1n) is 11.3. The Labute approximate surface area is 179 Å². The highest BCUT2D eigenvalue weighted by Crippen LogP contribution is 2.65. The number of carbonyl (C=O) groups is 1. The van der Waals surface area contributed by atoms with E-state index >= 15 is 0 Å². The quantitative estimate of drug-likeness (QED) is 0.505. The van der Waals surface area contributed by atoms with Crippen molar-refractivity contribution in [2.75, 3.05) is 5.75 Å². The summed E-state index contributed by atoms with van der Waals surface area (Å²) < 4.78 is 2.17. The molecular formula is C23H36N4OS. The summed E-state index contributed by atoms with van der Waals surface area (Å²) >= 11 is 1.51. The van der Waals surface area contributed by atoms with Crippen molar-refractivity contribution in [2.45, 2.75) is 95.8 Å². The average Bonchev–Trinajstić information content (AvgIpc) is 3.26. The van der Waals surface area contributed by atoms with Crippen LogP contribution in [0.4, 0.5) is 0 Å². The van der Waals surface area contributed by atoms with E-state index in [1.54, 1.807) is 0 Å². The molecule has 160 valence electrons. The van der Waals surface area contributed by atoms with Gasteiger partial charge in [-0.1, -0.05) is 57.9 Å². The van der Waals surface area contributed by atoms with Crippen LogP contribution < -0.4 is 5.32 Å². The van der Waals surface area contributed by atoms with Gasteiger partial charge in [0.05, 0.1) is 5.75 Å². The lowest BCUT2D eigenvalue weighted by molar-refractivity contribution is -0.120. The first-order chi connectivity index (χ1) is 13.9. The lowest BCUT2D eigenvalue weighted by Gasteiger charge is -2.39. The predicted octanol–water partition coefficient (Wildman–Crippen LogP) is 4.93. The molecule has 3 fully saturated rings. The Morgan fingerprint density at radius 1 is 1.24 bits per heavy atom. The maximum atomic E-state index is 12.8. The van der Waals surface area contributed by atoms with Crippen LogP contribution in [0.5, 0.6) is 0 Å². The monoisotopic (exact) mass is 416 g/mol. The zero-order valence-corrected chi connectivity index (χ0v) is 19.1. The molecule has 3 aliphatic carbocycles. The number of hydrogen-bond donors (Lipinski definition) is 1. The molecule has 3 saturated carbocycles. The molecule has 1 amide bonds. The third-order valence-corrected chi connectivity index (χ3v) is 9.46. The third-order valence-electron chi connectivity index (χ3n) is 8.49. The van der Waals surface area contributed by atoms with E-state index in [2.05, 4.69) is 47.4 Å². The van der Waals surface area contributed by atoms with Gasteiger partial charge in [0.1, 0.15) is 5.82 Å². The zero-order chi connectivity index (χ0) is 20.6. The van der Waals surface area contributed by atoms with Crippen molar-refractivity contribution in [2.24, 2.45) is 16.7 Å². The molecule has 1 aromatic heterocycles.